The van der Waals surface area contributed by atoms with Gasteiger partial charge in [-0.1, -0.05) is 6.07 Å². The van der Waals surface area contributed by atoms with Crippen LogP contribution in [0.5, 0.6) is 0 Å². The van der Waals surface area contributed by atoms with Gasteiger partial charge in [0.2, 0.25) is 5.24 Å². The van der Waals surface area contributed by atoms with Crippen molar-refractivity contribution in [3.8, 4) is 0 Å². The molecule has 0 unspecified atom stereocenters. The Morgan fingerprint density at radius 3 is 3.08 bits per heavy atom. The quantitative estimate of drug-likeness (QED) is 0.556. The molecule has 0 saturated heterocycles. The summed E-state index contributed by atoms with van der Waals surface area (Å²) in [5, 5.41) is 1.84. The number of thiophene rings is 1. The maximum Gasteiger partial charge on any atom is 0.231 e. The van der Waals surface area contributed by atoms with Crippen molar-refractivity contribution in [2.24, 2.45) is 0 Å². The van der Waals surface area contributed by atoms with Crippen molar-refractivity contribution in [3.05, 3.63) is 22.4 Å². The summed E-state index contributed by atoms with van der Waals surface area (Å²) in [5.41, 5.74) is 0. The Hall–Kier alpha value is 0.01000. The van der Waals surface area contributed by atoms with Crippen LogP contribution in [0.25, 0.3) is 0 Å². The number of hydrogen-bond donors (Lipinski definition) is 0. The highest BCUT2D eigenvalue weighted by atomic mass is 35.5. The first-order valence-corrected chi connectivity index (χ1v) is 6.49. The first kappa shape index (κ1) is 11.1. The highest BCUT2D eigenvalue weighted by molar-refractivity contribution is 8.00. The van der Waals surface area contributed by atoms with Crippen LogP contribution in [0, 0.1) is 0 Å². The Bertz CT molecular complexity index is 246. The Balaban J connectivity index is 1.99. The standard InChI is InChI=1S/C9H11ClOS2/c10-9(11)7-12-5-1-3-8-4-2-6-13-8/h2,4,6H,1,3,5,7H2. The Labute approximate surface area is 91.5 Å². The van der Waals surface area contributed by atoms with Crippen LogP contribution in [-0.2, 0) is 11.2 Å². The molecule has 0 atom stereocenters. The van der Waals surface area contributed by atoms with Crippen LogP contribution >= 0.6 is 34.7 Å². The molecule has 0 aliphatic carbocycles. The normalized spacial score (nSPS) is 10.2. The SMILES string of the molecule is O=C(Cl)CSCCCc1cccs1. The number of carbonyl (C=O) groups is 1. The molecule has 1 aromatic rings. The summed E-state index contributed by atoms with van der Waals surface area (Å²) in [7, 11) is 0. The molecule has 13 heavy (non-hydrogen) atoms. The molecule has 1 rings (SSSR count). The molecular weight excluding hydrogens is 224 g/mol. The van der Waals surface area contributed by atoms with E-state index in [9.17, 15) is 4.79 Å². The average Bonchev–Trinajstić information content (AvgIpc) is 2.55. The van der Waals surface area contributed by atoms with Gasteiger partial charge in [-0.25, -0.2) is 0 Å². The summed E-state index contributed by atoms with van der Waals surface area (Å²) >= 11 is 8.59. The second-order valence-electron chi connectivity index (χ2n) is 2.59. The van der Waals surface area contributed by atoms with Crippen molar-refractivity contribution < 1.29 is 4.79 Å². The lowest BCUT2D eigenvalue weighted by Gasteiger charge is -1.96. The van der Waals surface area contributed by atoms with E-state index in [0.29, 0.717) is 5.75 Å². The third-order valence-electron chi connectivity index (χ3n) is 1.51. The number of thioether (sulfide) groups is 1. The van der Waals surface area contributed by atoms with E-state index in [2.05, 4.69) is 17.5 Å². The molecule has 0 spiro atoms. The molecule has 0 amide bonds. The number of carbonyl (C=O) groups excluding carboxylic acids is 1. The summed E-state index contributed by atoms with van der Waals surface area (Å²) in [4.78, 5) is 11.8. The molecule has 0 radical (unpaired) electrons. The van der Waals surface area contributed by atoms with Gasteiger partial charge in [0.05, 0.1) is 5.75 Å². The molecule has 0 aromatic carbocycles. The number of rotatable bonds is 6. The van der Waals surface area contributed by atoms with E-state index in [1.165, 1.54) is 4.88 Å². The maximum absolute atomic E-state index is 10.4. The van der Waals surface area contributed by atoms with Crippen LogP contribution in [0.4, 0.5) is 0 Å². The Morgan fingerprint density at radius 2 is 2.46 bits per heavy atom. The van der Waals surface area contributed by atoms with E-state index in [1.807, 2.05) is 0 Å². The van der Waals surface area contributed by atoms with Crippen molar-refractivity contribution in [2.45, 2.75) is 12.8 Å². The van der Waals surface area contributed by atoms with Gasteiger partial charge in [0.1, 0.15) is 0 Å². The number of hydrogen-bond acceptors (Lipinski definition) is 3. The van der Waals surface area contributed by atoms with Crippen molar-refractivity contribution in [1.29, 1.82) is 0 Å². The molecule has 0 aliphatic rings. The van der Waals surface area contributed by atoms with Crippen molar-refractivity contribution in [1.82, 2.24) is 0 Å². The summed E-state index contributed by atoms with van der Waals surface area (Å²) in [6.45, 7) is 0. The van der Waals surface area contributed by atoms with Gasteiger partial charge in [-0.3, -0.25) is 4.79 Å². The van der Waals surface area contributed by atoms with E-state index >= 15 is 0 Å². The van der Waals surface area contributed by atoms with Crippen LogP contribution in [0.15, 0.2) is 17.5 Å². The smallest absolute Gasteiger partial charge is 0.231 e. The van der Waals surface area contributed by atoms with Crippen molar-refractivity contribution >= 4 is 39.9 Å². The minimum Gasteiger partial charge on any atom is -0.280 e. The fraction of sp³-hybridized carbons (Fsp3) is 0.444. The maximum atomic E-state index is 10.4. The molecule has 1 nitrogen and oxygen atoms in total. The van der Waals surface area contributed by atoms with E-state index in [-0.39, 0.29) is 5.24 Å². The molecule has 1 aromatic heterocycles. The summed E-state index contributed by atoms with van der Waals surface area (Å²) in [6, 6.07) is 4.21. The van der Waals surface area contributed by atoms with Crippen molar-refractivity contribution in [3.63, 3.8) is 0 Å². The molecule has 0 bridgehead atoms. The van der Waals surface area contributed by atoms with Crippen LogP contribution < -0.4 is 0 Å². The molecule has 0 fully saturated rings. The summed E-state index contributed by atoms with van der Waals surface area (Å²) in [5.74, 6) is 1.45. The minimum absolute atomic E-state index is 0.249. The largest absolute Gasteiger partial charge is 0.280 e. The third kappa shape index (κ3) is 5.34. The van der Waals surface area contributed by atoms with Gasteiger partial charge in [-0.2, -0.15) is 11.8 Å². The van der Waals surface area contributed by atoms with E-state index in [1.54, 1.807) is 23.1 Å². The van der Waals surface area contributed by atoms with Gasteiger partial charge in [0.15, 0.2) is 0 Å². The van der Waals surface area contributed by atoms with Gasteiger partial charge in [-0.15, -0.1) is 11.3 Å². The molecule has 4 heteroatoms. The highest BCUT2D eigenvalue weighted by Gasteiger charge is 1.97. The fourth-order valence-corrected chi connectivity index (χ4v) is 2.59. The Kier molecular flexibility index (Phi) is 5.51. The first-order chi connectivity index (χ1) is 6.29. The van der Waals surface area contributed by atoms with Crippen molar-refractivity contribution in [2.75, 3.05) is 11.5 Å². The number of aryl methyl sites for hydroxylation is 1. The van der Waals surface area contributed by atoms with Gasteiger partial charge in [-0.05, 0) is 41.6 Å². The monoisotopic (exact) mass is 234 g/mol. The minimum atomic E-state index is -0.249. The molecule has 72 valence electrons. The predicted molar refractivity (Wildman–Crippen MR) is 60.8 cm³/mol. The first-order valence-electron chi connectivity index (χ1n) is 4.07. The molecule has 0 aliphatic heterocycles. The van der Waals surface area contributed by atoms with E-state index in [4.69, 9.17) is 11.6 Å². The van der Waals surface area contributed by atoms with E-state index < -0.39 is 0 Å². The van der Waals surface area contributed by atoms with E-state index in [0.717, 1.165) is 18.6 Å². The zero-order valence-corrected chi connectivity index (χ0v) is 9.55. The Morgan fingerprint density at radius 1 is 1.62 bits per heavy atom. The fourth-order valence-electron chi connectivity index (χ4n) is 0.956. The van der Waals surface area contributed by atoms with Gasteiger partial charge in [0.25, 0.3) is 0 Å². The van der Waals surface area contributed by atoms with Crippen LogP contribution in [0.3, 0.4) is 0 Å². The van der Waals surface area contributed by atoms with Gasteiger partial charge >= 0.3 is 0 Å². The second kappa shape index (κ2) is 6.46. The average molecular weight is 235 g/mol. The van der Waals surface area contributed by atoms with Gasteiger partial charge in [0, 0.05) is 4.88 Å². The topological polar surface area (TPSA) is 17.1 Å². The predicted octanol–water partition coefficient (Wildman–Crippen LogP) is 3.18. The van der Waals surface area contributed by atoms with Crippen LogP contribution in [0.1, 0.15) is 11.3 Å². The zero-order chi connectivity index (χ0) is 9.52. The lowest BCUT2D eigenvalue weighted by Crippen LogP contribution is -1.92. The zero-order valence-electron chi connectivity index (χ0n) is 7.16. The lowest BCUT2D eigenvalue weighted by atomic mass is 10.3. The summed E-state index contributed by atoms with van der Waals surface area (Å²) in [6.07, 6.45) is 2.23. The number of halogens is 1. The van der Waals surface area contributed by atoms with Crippen LogP contribution in [-0.4, -0.2) is 16.7 Å². The van der Waals surface area contributed by atoms with Gasteiger partial charge < -0.3 is 0 Å². The molecule has 0 saturated carbocycles. The lowest BCUT2D eigenvalue weighted by molar-refractivity contribution is -0.109. The second-order valence-corrected chi connectivity index (χ2v) is 5.15. The van der Waals surface area contributed by atoms with Crippen LogP contribution in [0.2, 0.25) is 0 Å². The molecule has 0 N–H and O–H groups in total. The third-order valence-corrected chi connectivity index (χ3v) is 3.78. The summed E-state index contributed by atoms with van der Waals surface area (Å²) < 4.78 is 0. The molecular formula is C9H11ClOS2. The highest BCUT2D eigenvalue weighted by Crippen LogP contribution is 2.13. The molecule has 1 heterocycles.